The van der Waals surface area contributed by atoms with E-state index in [1.807, 2.05) is 20.2 Å². The summed E-state index contributed by atoms with van der Waals surface area (Å²) in [7, 11) is 1.84. The van der Waals surface area contributed by atoms with Crippen LogP contribution in [0.5, 0.6) is 0 Å². The van der Waals surface area contributed by atoms with Crippen LogP contribution in [0.1, 0.15) is 22.2 Å². The largest absolute Gasteiger partial charge is 0.305 e. The molecule has 0 unspecified atom stereocenters. The number of hydrogen-bond acceptors (Lipinski definition) is 6. The van der Waals surface area contributed by atoms with Crippen molar-refractivity contribution in [2.24, 2.45) is 7.05 Å². The van der Waals surface area contributed by atoms with E-state index in [-0.39, 0.29) is 5.82 Å². The van der Waals surface area contributed by atoms with Gasteiger partial charge in [0.2, 0.25) is 0 Å². The first-order chi connectivity index (χ1) is 14.5. The van der Waals surface area contributed by atoms with Gasteiger partial charge in [-0.3, -0.25) is 9.48 Å². The summed E-state index contributed by atoms with van der Waals surface area (Å²) in [5.74, 6) is -2.76. The molecular weight excluding hydrogens is 410 g/mol. The minimum Gasteiger partial charge on any atom is -0.305 e. The molecule has 0 bridgehead atoms. The Labute approximate surface area is 174 Å². The number of carbonyl (C=O) groups excluding carboxylic acids is 1. The molecule has 4 rings (SSSR count). The molecule has 0 aliphatic heterocycles. The highest BCUT2D eigenvalue weighted by molar-refractivity contribution is 7.15. The van der Waals surface area contributed by atoms with Crippen molar-refractivity contribution in [1.82, 2.24) is 24.7 Å². The molecule has 1 aromatic carbocycles. The van der Waals surface area contributed by atoms with Gasteiger partial charge in [-0.05, 0) is 18.6 Å². The van der Waals surface area contributed by atoms with Crippen molar-refractivity contribution in [3.63, 3.8) is 0 Å². The van der Waals surface area contributed by atoms with Crippen LogP contribution >= 0.6 is 11.3 Å². The van der Waals surface area contributed by atoms with E-state index in [1.165, 1.54) is 18.5 Å². The summed E-state index contributed by atoms with van der Waals surface area (Å²) in [6.45, 7) is 2.02. The fourth-order valence-electron chi connectivity index (χ4n) is 2.86. The number of thiazole rings is 1. The Kier molecular flexibility index (Phi) is 5.32. The lowest BCUT2D eigenvalue weighted by Crippen LogP contribution is -2.16. The molecule has 0 atom stereocenters. The van der Waals surface area contributed by atoms with Crippen LogP contribution in [0.15, 0.2) is 43.0 Å². The molecule has 1 N–H and O–H groups in total. The minimum absolute atomic E-state index is 0.0761. The third kappa shape index (κ3) is 3.81. The first kappa shape index (κ1) is 19.8. The Hall–Kier alpha value is -3.53. The van der Waals surface area contributed by atoms with Gasteiger partial charge < -0.3 is 5.32 Å². The Morgan fingerprint density at radius 2 is 1.93 bits per heavy atom. The number of nitrogens with one attached hydrogen (secondary N) is 1. The molecule has 0 fully saturated rings. The lowest BCUT2D eigenvalue weighted by molar-refractivity contribution is 0.101. The standard InChI is InChI=1S/C20H16F2N6OS/c1-3-15-18(27-20(30-15)11-7-25-28(2)10-11)14-8-24-16(9-23-14)26-19(29)17-12(21)5-4-6-13(17)22/h4-10H,3H2,1-2H3,(H,24,26,29). The van der Waals surface area contributed by atoms with Crippen molar-refractivity contribution in [2.45, 2.75) is 13.3 Å². The highest BCUT2D eigenvalue weighted by Crippen LogP contribution is 2.33. The van der Waals surface area contributed by atoms with Crippen LogP contribution in [0.4, 0.5) is 14.6 Å². The quantitative estimate of drug-likeness (QED) is 0.519. The van der Waals surface area contributed by atoms with E-state index in [2.05, 4.69) is 25.4 Å². The van der Waals surface area contributed by atoms with Crippen molar-refractivity contribution >= 4 is 23.1 Å². The summed E-state index contributed by atoms with van der Waals surface area (Å²) in [6.07, 6.45) is 7.19. The number of halogens is 2. The Balaban J connectivity index is 1.58. The van der Waals surface area contributed by atoms with Gasteiger partial charge in [-0.25, -0.2) is 23.7 Å². The summed E-state index contributed by atoms with van der Waals surface area (Å²) in [4.78, 5) is 26.4. The topological polar surface area (TPSA) is 85.6 Å². The number of carbonyl (C=O) groups is 1. The molecule has 1 amide bonds. The van der Waals surface area contributed by atoms with E-state index in [9.17, 15) is 13.6 Å². The number of benzene rings is 1. The van der Waals surface area contributed by atoms with E-state index in [1.54, 1.807) is 22.2 Å². The molecular formula is C20H16F2N6OS. The maximum atomic E-state index is 13.8. The molecule has 30 heavy (non-hydrogen) atoms. The predicted octanol–water partition coefficient (Wildman–Crippen LogP) is 4.09. The highest BCUT2D eigenvalue weighted by Gasteiger charge is 2.19. The van der Waals surface area contributed by atoms with Gasteiger partial charge >= 0.3 is 0 Å². The van der Waals surface area contributed by atoms with Gasteiger partial charge in [0.25, 0.3) is 5.91 Å². The highest BCUT2D eigenvalue weighted by atomic mass is 32.1. The van der Waals surface area contributed by atoms with Crippen molar-refractivity contribution in [3.05, 3.63) is 65.1 Å². The summed E-state index contributed by atoms with van der Waals surface area (Å²) < 4.78 is 29.2. The van der Waals surface area contributed by atoms with Gasteiger partial charge in [-0.1, -0.05) is 13.0 Å². The Morgan fingerprint density at radius 3 is 2.53 bits per heavy atom. The lowest BCUT2D eigenvalue weighted by Gasteiger charge is -2.06. The SMILES string of the molecule is CCc1sc(-c2cnn(C)c2)nc1-c1cnc(NC(=O)c2c(F)cccc2F)cn1. The van der Waals surface area contributed by atoms with Crippen LogP contribution < -0.4 is 5.32 Å². The van der Waals surface area contributed by atoms with Crippen molar-refractivity contribution < 1.29 is 13.6 Å². The molecule has 0 saturated carbocycles. The third-order valence-corrected chi connectivity index (χ3v) is 5.54. The van der Waals surface area contributed by atoms with E-state index < -0.39 is 23.1 Å². The number of aromatic nitrogens is 5. The Bertz CT molecular complexity index is 1200. The minimum atomic E-state index is -0.949. The molecule has 7 nitrogen and oxygen atoms in total. The number of anilines is 1. The van der Waals surface area contributed by atoms with Crippen LogP contribution in [-0.4, -0.2) is 30.6 Å². The fourth-order valence-corrected chi connectivity index (χ4v) is 3.84. The maximum absolute atomic E-state index is 13.8. The molecule has 0 aliphatic rings. The first-order valence-corrected chi connectivity index (χ1v) is 9.84. The van der Waals surface area contributed by atoms with Gasteiger partial charge in [0, 0.05) is 23.7 Å². The van der Waals surface area contributed by atoms with Gasteiger partial charge in [-0.2, -0.15) is 5.10 Å². The summed E-state index contributed by atoms with van der Waals surface area (Å²) in [5.41, 5.74) is 1.48. The fraction of sp³-hybridized carbons (Fsp3) is 0.150. The van der Waals surface area contributed by atoms with Crippen LogP contribution in [0.25, 0.3) is 22.0 Å². The molecule has 0 radical (unpaired) electrons. The average molecular weight is 426 g/mol. The smallest absolute Gasteiger partial charge is 0.262 e. The van der Waals surface area contributed by atoms with Crippen molar-refractivity contribution in [1.29, 1.82) is 0 Å². The Morgan fingerprint density at radius 1 is 1.17 bits per heavy atom. The number of nitrogens with zero attached hydrogens (tertiary/aromatic N) is 5. The predicted molar refractivity (Wildman–Crippen MR) is 109 cm³/mol. The second kappa shape index (κ2) is 8.07. The zero-order valence-corrected chi connectivity index (χ0v) is 16.9. The van der Waals surface area contributed by atoms with E-state index in [4.69, 9.17) is 0 Å². The van der Waals surface area contributed by atoms with Crippen molar-refractivity contribution in [3.8, 4) is 22.0 Å². The average Bonchev–Trinajstić information content (AvgIpc) is 3.34. The molecule has 3 aromatic heterocycles. The monoisotopic (exact) mass is 426 g/mol. The molecule has 4 aromatic rings. The summed E-state index contributed by atoms with van der Waals surface area (Å²) in [5, 5.41) is 7.35. The second-order valence-corrected chi connectivity index (χ2v) is 7.47. The van der Waals surface area contributed by atoms with E-state index in [0.717, 1.165) is 34.0 Å². The molecule has 0 spiro atoms. The van der Waals surface area contributed by atoms with Gasteiger partial charge in [0.1, 0.15) is 33.6 Å². The van der Waals surface area contributed by atoms with Crippen LogP contribution in [0.3, 0.4) is 0 Å². The van der Waals surface area contributed by atoms with Crippen LogP contribution in [0.2, 0.25) is 0 Å². The number of hydrogen-bond donors (Lipinski definition) is 1. The van der Waals surface area contributed by atoms with Gasteiger partial charge in [0.15, 0.2) is 5.82 Å². The zero-order chi connectivity index (χ0) is 21.3. The molecule has 152 valence electrons. The molecule has 3 heterocycles. The maximum Gasteiger partial charge on any atom is 0.262 e. The number of aryl methyl sites for hydroxylation is 2. The first-order valence-electron chi connectivity index (χ1n) is 9.02. The zero-order valence-electron chi connectivity index (χ0n) is 16.1. The summed E-state index contributed by atoms with van der Waals surface area (Å²) in [6, 6.07) is 3.22. The number of rotatable bonds is 5. The van der Waals surface area contributed by atoms with E-state index in [0.29, 0.717) is 11.4 Å². The lowest BCUT2D eigenvalue weighted by atomic mass is 10.2. The normalized spacial score (nSPS) is 10.9. The second-order valence-electron chi connectivity index (χ2n) is 6.38. The van der Waals surface area contributed by atoms with Gasteiger partial charge in [0.05, 0.1) is 18.6 Å². The molecule has 10 heteroatoms. The van der Waals surface area contributed by atoms with Crippen LogP contribution in [0, 0.1) is 11.6 Å². The summed E-state index contributed by atoms with van der Waals surface area (Å²) >= 11 is 1.55. The third-order valence-electron chi connectivity index (χ3n) is 4.30. The number of amides is 1. The van der Waals surface area contributed by atoms with E-state index >= 15 is 0 Å². The van der Waals surface area contributed by atoms with Gasteiger partial charge in [-0.15, -0.1) is 11.3 Å². The van der Waals surface area contributed by atoms with Crippen LogP contribution in [-0.2, 0) is 13.5 Å². The molecule has 0 aliphatic carbocycles. The molecule has 0 saturated heterocycles. The van der Waals surface area contributed by atoms with Crippen molar-refractivity contribution in [2.75, 3.05) is 5.32 Å².